The largest absolute Gasteiger partial charge is 0.321 e. The van der Waals surface area contributed by atoms with Gasteiger partial charge in [0.15, 0.2) is 5.78 Å². The van der Waals surface area contributed by atoms with E-state index in [1.54, 1.807) is 24.4 Å². The minimum atomic E-state index is -0.400. The number of carbonyl (C=O) groups excluding carboxylic acids is 1. The fourth-order valence-electron chi connectivity index (χ4n) is 3.10. The predicted molar refractivity (Wildman–Crippen MR) is 108 cm³/mol. The van der Waals surface area contributed by atoms with Gasteiger partial charge in [-0.3, -0.25) is 14.6 Å². The van der Waals surface area contributed by atoms with E-state index >= 15 is 0 Å². The first-order chi connectivity index (χ1) is 13.2. The van der Waals surface area contributed by atoms with Gasteiger partial charge < -0.3 is 4.98 Å². The molecule has 0 fully saturated rings. The van der Waals surface area contributed by atoms with Crippen LogP contribution in [0.4, 0.5) is 0 Å². The first-order valence-electron chi connectivity index (χ1n) is 8.58. The highest BCUT2D eigenvalue weighted by molar-refractivity contribution is 6.14. The number of pyridine rings is 2. The number of nitrogens with one attached hydrogen (secondary N) is 1. The number of H-pyrrole nitrogens is 1. The Morgan fingerprint density at radius 3 is 2.41 bits per heavy atom. The number of para-hydroxylation sites is 1. The third kappa shape index (κ3) is 3.33. The second kappa shape index (κ2) is 7.22. The first kappa shape index (κ1) is 16.7. The maximum atomic E-state index is 12.9. The van der Waals surface area contributed by atoms with Crippen LogP contribution in [-0.4, -0.2) is 15.8 Å². The summed E-state index contributed by atoms with van der Waals surface area (Å²) in [5.41, 5.74) is 2.56. The third-order valence-corrected chi connectivity index (χ3v) is 4.32. The van der Waals surface area contributed by atoms with Crippen molar-refractivity contribution in [3.05, 3.63) is 107 Å². The summed E-state index contributed by atoms with van der Waals surface area (Å²) in [5.74, 6) is -0.355. The molecule has 1 N–H and O–H groups in total. The van der Waals surface area contributed by atoms with Gasteiger partial charge in [0.2, 0.25) is 0 Å². The summed E-state index contributed by atoms with van der Waals surface area (Å²) in [5, 5.41) is 0.831. The van der Waals surface area contributed by atoms with Crippen molar-refractivity contribution in [1.82, 2.24) is 9.97 Å². The Labute approximate surface area is 155 Å². The smallest absolute Gasteiger partial charge is 0.260 e. The van der Waals surface area contributed by atoms with E-state index in [2.05, 4.69) is 9.97 Å². The van der Waals surface area contributed by atoms with Gasteiger partial charge in [0.1, 0.15) is 0 Å². The normalized spacial score (nSPS) is 11.1. The molecule has 130 valence electrons. The molecule has 4 aromatic rings. The molecule has 0 amide bonds. The second-order valence-corrected chi connectivity index (χ2v) is 6.07. The Bertz CT molecular complexity index is 1190. The summed E-state index contributed by atoms with van der Waals surface area (Å²) >= 11 is 0. The number of fused-ring (bicyclic) bond motifs is 1. The van der Waals surface area contributed by atoms with Crippen LogP contribution < -0.4 is 5.56 Å². The van der Waals surface area contributed by atoms with Gasteiger partial charge in [-0.25, -0.2) is 0 Å². The maximum absolute atomic E-state index is 12.9. The highest BCUT2D eigenvalue weighted by Crippen LogP contribution is 2.29. The van der Waals surface area contributed by atoms with E-state index in [1.807, 2.05) is 60.7 Å². The lowest BCUT2D eigenvalue weighted by Crippen LogP contribution is -2.18. The minimum absolute atomic E-state index is 0.132. The zero-order valence-corrected chi connectivity index (χ0v) is 14.4. The molecule has 0 bridgehead atoms. The molecule has 0 aliphatic heterocycles. The van der Waals surface area contributed by atoms with Crippen molar-refractivity contribution in [1.29, 1.82) is 0 Å². The molecule has 0 saturated carbocycles. The van der Waals surface area contributed by atoms with Crippen LogP contribution in [0.25, 0.3) is 28.1 Å². The summed E-state index contributed by atoms with van der Waals surface area (Å²) < 4.78 is 0. The van der Waals surface area contributed by atoms with Gasteiger partial charge in [0, 0.05) is 22.7 Å². The van der Waals surface area contributed by atoms with Gasteiger partial charge in [-0.15, -0.1) is 0 Å². The molecular formula is C23H16N2O2. The standard InChI is InChI=1S/C23H16N2O2/c26-20(14-13-17-10-6-7-15-24-17)22-21(16-8-2-1-3-9-16)18-11-4-5-12-19(18)25-23(22)27/h1-15H,(H,25,27)/b14-13+. The average Bonchev–Trinajstić information content (AvgIpc) is 2.72. The number of allylic oxidation sites excluding steroid dienone is 1. The highest BCUT2D eigenvalue weighted by Gasteiger charge is 2.18. The van der Waals surface area contributed by atoms with E-state index < -0.39 is 5.56 Å². The first-order valence-corrected chi connectivity index (χ1v) is 8.58. The van der Waals surface area contributed by atoms with Crippen molar-refractivity contribution >= 4 is 22.8 Å². The minimum Gasteiger partial charge on any atom is -0.321 e. The molecule has 2 aromatic carbocycles. The molecule has 27 heavy (non-hydrogen) atoms. The molecule has 0 saturated heterocycles. The zero-order chi connectivity index (χ0) is 18.6. The zero-order valence-electron chi connectivity index (χ0n) is 14.4. The molecule has 0 aliphatic carbocycles. The lowest BCUT2D eigenvalue weighted by molar-refractivity contribution is 0.104. The number of nitrogens with zero attached hydrogens (tertiary/aromatic N) is 1. The third-order valence-electron chi connectivity index (χ3n) is 4.32. The number of rotatable bonds is 4. The van der Waals surface area contributed by atoms with Crippen molar-refractivity contribution in [3.63, 3.8) is 0 Å². The number of ketones is 1. The quantitative estimate of drug-likeness (QED) is 0.435. The monoisotopic (exact) mass is 352 g/mol. The highest BCUT2D eigenvalue weighted by atomic mass is 16.1. The van der Waals surface area contributed by atoms with Crippen LogP contribution in [0.1, 0.15) is 16.1 Å². The molecule has 0 atom stereocenters. The summed E-state index contributed by atoms with van der Waals surface area (Å²) in [6.07, 6.45) is 4.67. The summed E-state index contributed by atoms with van der Waals surface area (Å²) in [7, 11) is 0. The second-order valence-electron chi connectivity index (χ2n) is 6.07. The van der Waals surface area contributed by atoms with E-state index in [-0.39, 0.29) is 11.3 Å². The Hall–Kier alpha value is -3.79. The summed E-state index contributed by atoms with van der Waals surface area (Å²) in [6.45, 7) is 0. The van der Waals surface area contributed by atoms with E-state index in [1.165, 1.54) is 6.08 Å². The maximum Gasteiger partial charge on any atom is 0.260 e. The van der Waals surface area contributed by atoms with E-state index in [9.17, 15) is 9.59 Å². The number of aromatic amines is 1. The van der Waals surface area contributed by atoms with Gasteiger partial charge in [0.05, 0.1) is 11.3 Å². The van der Waals surface area contributed by atoms with Crippen molar-refractivity contribution < 1.29 is 4.79 Å². The molecule has 4 heteroatoms. The van der Waals surface area contributed by atoms with Crippen LogP contribution >= 0.6 is 0 Å². The number of benzene rings is 2. The lowest BCUT2D eigenvalue weighted by atomic mass is 9.94. The molecule has 0 radical (unpaired) electrons. The van der Waals surface area contributed by atoms with E-state index in [0.717, 1.165) is 10.9 Å². The van der Waals surface area contributed by atoms with Crippen molar-refractivity contribution in [2.45, 2.75) is 0 Å². The number of hydrogen-bond donors (Lipinski definition) is 1. The van der Waals surface area contributed by atoms with Gasteiger partial charge in [-0.1, -0.05) is 54.6 Å². The molecule has 0 unspecified atom stereocenters. The van der Waals surface area contributed by atoms with Crippen LogP contribution in [-0.2, 0) is 0 Å². The van der Waals surface area contributed by atoms with Gasteiger partial charge in [0.25, 0.3) is 5.56 Å². The van der Waals surface area contributed by atoms with Crippen molar-refractivity contribution in [3.8, 4) is 11.1 Å². The summed E-state index contributed by atoms with van der Waals surface area (Å²) in [4.78, 5) is 32.7. The fraction of sp³-hybridized carbons (Fsp3) is 0. The Kier molecular flexibility index (Phi) is 4.45. The average molecular weight is 352 g/mol. The predicted octanol–water partition coefficient (Wildman–Crippen LogP) is 4.49. The number of hydrogen-bond acceptors (Lipinski definition) is 3. The Morgan fingerprint density at radius 1 is 0.889 bits per heavy atom. The van der Waals surface area contributed by atoms with Crippen LogP contribution in [0.5, 0.6) is 0 Å². The molecule has 4 nitrogen and oxygen atoms in total. The van der Waals surface area contributed by atoms with E-state index in [0.29, 0.717) is 16.8 Å². The van der Waals surface area contributed by atoms with Crippen LogP contribution in [0.15, 0.2) is 89.9 Å². The van der Waals surface area contributed by atoms with Gasteiger partial charge in [-0.05, 0) is 35.9 Å². The molecule has 0 spiro atoms. The topological polar surface area (TPSA) is 62.8 Å². The number of carbonyl (C=O) groups is 1. The Morgan fingerprint density at radius 2 is 1.63 bits per heavy atom. The molecule has 2 heterocycles. The van der Waals surface area contributed by atoms with Gasteiger partial charge >= 0.3 is 0 Å². The lowest BCUT2D eigenvalue weighted by Gasteiger charge is -2.11. The van der Waals surface area contributed by atoms with Crippen LogP contribution in [0, 0.1) is 0 Å². The molecular weight excluding hydrogens is 336 g/mol. The fourth-order valence-corrected chi connectivity index (χ4v) is 3.10. The van der Waals surface area contributed by atoms with Crippen molar-refractivity contribution in [2.24, 2.45) is 0 Å². The molecule has 4 rings (SSSR count). The SMILES string of the molecule is O=C(/C=C/c1ccccn1)c1c(-c2ccccc2)c2ccccc2[nH]c1=O. The van der Waals surface area contributed by atoms with Crippen LogP contribution in [0.3, 0.4) is 0 Å². The molecule has 0 aliphatic rings. The van der Waals surface area contributed by atoms with Crippen molar-refractivity contribution in [2.75, 3.05) is 0 Å². The summed E-state index contributed by atoms with van der Waals surface area (Å²) in [6, 6.07) is 22.4. The van der Waals surface area contributed by atoms with E-state index in [4.69, 9.17) is 0 Å². The Balaban J connectivity index is 1.92. The molecule has 2 aromatic heterocycles. The van der Waals surface area contributed by atoms with Crippen LogP contribution in [0.2, 0.25) is 0 Å². The number of aromatic nitrogens is 2. The van der Waals surface area contributed by atoms with Gasteiger partial charge in [-0.2, -0.15) is 0 Å².